The molecule has 70 valence electrons. The van der Waals surface area contributed by atoms with E-state index < -0.39 is 18.2 Å². The van der Waals surface area contributed by atoms with Crippen molar-refractivity contribution in [2.75, 3.05) is 7.11 Å². The van der Waals surface area contributed by atoms with Crippen molar-refractivity contribution in [3.05, 3.63) is 0 Å². The Labute approximate surface area is 68.7 Å². The van der Waals surface area contributed by atoms with Crippen LogP contribution < -0.4 is 0 Å². The number of halogens is 2. The lowest BCUT2D eigenvalue weighted by Gasteiger charge is -1.98. The van der Waals surface area contributed by atoms with E-state index in [1.165, 1.54) is 7.11 Å². The van der Waals surface area contributed by atoms with Crippen molar-refractivity contribution in [1.29, 1.82) is 0 Å². The summed E-state index contributed by atoms with van der Waals surface area (Å²) in [5.41, 5.74) is 0. The third-order valence-electron chi connectivity index (χ3n) is 1.28. The van der Waals surface area contributed by atoms with Crippen molar-refractivity contribution in [3.8, 4) is 0 Å². The fraction of sp³-hybridized carbons (Fsp3) is 0.714. The first kappa shape index (κ1) is 11.0. The summed E-state index contributed by atoms with van der Waals surface area (Å²) in [6.45, 7) is 0. The van der Waals surface area contributed by atoms with Crippen LogP contribution in [0.4, 0.5) is 8.78 Å². The third-order valence-corrected chi connectivity index (χ3v) is 1.28. The monoisotopic (exact) mass is 180 g/mol. The van der Waals surface area contributed by atoms with Crippen LogP contribution in [-0.2, 0) is 14.3 Å². The number of Topliss-reactive ketones (excluding diaryl/α,β-unsaturated/α-hetero) is 1. The zero-order valence-corrected chi connectivity index (χ0v) is 6.68. The second-order valence-corrected chi connectivity index (χ2v) is 2.20. The SMILES string of the molecule is COC(=O)CCCC(=O)C(F)F. The van der Waals surface area contributed by atoms with Crippen LogP contribution in [-0.4, -0.2) is 25.3 Å². The first-order valence-electron chi connectivity index (χ1n) is 3.45. The number of alkyl halides is 2. The highest BCUT2D eigenvalue weighted by molar-refractivity contribution is 5.81. The van der Waals surface area contributed by atoms with Crippen LogP contribution in [0.3, 0.4) is 0 Å². The molecule has 12 heavy (non-hydrogen) atoms. The molecule has 0 spiro atoms. The molecule has 0 amide bonds. The molecule has 0 radical (unpaired) electrons. The normalized spacial score (nSPS) is 10.0. The van der Waals surface area contributed by atoms with E-state index in [0.717, 1.165) is 0 Å². The first-order valence-corrected chi connectivity index (χ1v) is 3.45. The second-order valence-electron chi connectivity index (χ2n) is 2.20. The van der Waals surface area contributed by atoms with Crippen molar-refractivity contribution in [1.82, 2.24) is 0 Å². The van der Waals surface area contributed by atoms with E-state index >= 15 is 0 Å². The Morgan fingerprint density at radius 3 is 2.33 bits per heavy atom. The van der Waals surface area contributed by atoms with Gasteiger partial charge in [-0.3, -0.25) is 9.59 Å². The molecule has 0 rings (SSSR count). The molecule has 0 heterocycles. The molecule has 0 aliphatic rings. The summed E-state index contributed by atoms with van der Waals surface area (Å²) < 4.78 is 27.4. The van der Waals surface area contributed by atoms with Crippen molar-refractivity contribution in [3.63, 3.8) is 0 Å². The van der Waals surface area contributed by atoms with E-state index in [1.807, 2.05) is 0 Å². The van der Waals surface area contributed by atoms with Gasteiger partial charge in [0, 0.05) is 12.8 Å². The van der Waals surface area contributed by atoms with E-state index in [9.17, 15) is 18.4 Å². The molecule has 0 aromatic heterocycles. The lowest BCUT2D eigenvalue weighted by Crippen LogP contribution is -2.10. The summed E-state index contributed by atoms with van der Waals surface area (Å²) >= 11 is 0. The third kappa shape index (κ3) is 4.76. The number of carbonyl (C=O) groups is 2. The lowest BCUT2D eigenvalue weighted by atomic mass is 10.2. The van der Waals surface area contributed by atoms with Crippen molar-refractivity contribution < 1.29 is 23.1 Å². The molecule has 0 aromatic rings. The van der Waals surface area contributed by atoms with Gasteiger partial charge in [0.25, 0.3) is 6.43 Å². The Morgan fingerprint density at radius 1 is 1.33 bits per heavy atom. The number of esters is 1. The van der Waals surface area contributed by atoms with Crippen LogP contribution in [0.25, 0.3) is 0 Å². The van der Waals surface area contributed by atoms with Gasteiger partial charge in [0.05, 0.1) is 7.11 Å². The molecule has 0 aromatic carbocycles. The largest absolute Gasteiger partial charge is 0.469 e. The summed E-state index contributed by atoms with van der Waals surface area (Å²) in [7, 11) is 1.21. The molecule has 5 heteroatoms. The van der Waals surface area contributed by atoms with E-state index in [4.69, 9.17) is 0 Å². The van der Waals surface area contributed by atoms with Crippen LogP contribution in [0.2, 0.25) is 0 Å². The molecule has 0 atom stereocenters. The standard InChI is InChI=1S/C7H10F2O3/c1-12-6(11)4-2-3-5(10)7(8)9/h7H,2-4H2,1H3. The van der Waals surface area contributed by atoms with Crippen molar-refractivity contribution in [2.45, 2.75) is 25.7 Å². The quantitative estimate of drug-likeness (QED) is 0.596. The van der Waals surface area contributed by atoms with Gasteiger partial charge in [-0.1, -0.05) is 0 Å². The van der Waals surface area contributed by atoms with Gasteiger partial charge >= 0.3 is 5.97 Å². The number of hydrogen-bond acceptors (Lipinski definition) is 3. The molecular formula is C7H10F2O3. The van der Waals surface area contributed by atoms with Gasteiger partial charge in [-0.25, -0.2) is 8.78 Å². The maximum Gasteiger partial charge on any atom is 0.305 e. The molecular weight excluding hydrogens is 170 g/mol. The minimum atomic E-state index is -2.93. The fourth-order valence-corrected chi connectivity index (χ4v) is 0.618. The average molecular weight is 180 g/mol. The Bertz CT molecular complexity index is 168. The van der Waals surface area contributed by atoms with Gasteiger partial charge in [0.2, 0.25) is 0 Å². The Morgan fingerprint density at radius 2 is 1.92 bits per heavy atom. The number of carbonyl (C=O) groups excluding carboxylic acids is 2. The van der Waals surface area contributed by atoms with Crippen LogP contribution in [0.1, 0.15) is 19.3 Å². The minimum Gasteiger partial charge on any atom is -0.469 e. The summed E-state index contributed by atoms with van der Waals surface area (Å²) in [6, 6.07) is 0. The minimum absolute atomic E-state index is 0.00889. The molecule has 0 saturated heterocycles. The molecule has 0 bridgehead atoms. The Kier molecular flexibility index (Phi) is 5.16. The topological polar surface area (TPSA) is 43.4 Å². The van der Waals surface area contributed by atoms with Crippen LogP contribution >= 0.6 is 0 Å². The van der Waals surface area contributed by atoms with Gasteiger partial charge in [-0.15, -0.1) is 0 Å². The highest BCUT2D eigenvalue weighted by atomic mass is 19.3. The van der Waals surface area contributed by atoms with Gasteiger partial charge in [0.1, 0.15) is 0 Å². The molecule has 0 fully saturated rings. The van der Waals surface area contributed by atoms with E-state index in [0.29, 0.717) is 0 Å². The smallest absolute Gasteiger partial charge is 0.305 e. The summed E-state index contributed by atoms with van der Waals surface area (Å²) in [6.07, 6.45) is -3.07. The van der Waals surface area contributed by atoms with E-state index in [-0.39, 0.29) is 19.3 Å². The zero-order chi connectivity index (χ0) is 9.56. The Hall–Kier alpha value is -1.00. The highest BCUT2D eigenvalue weighted by Crippen LogP contribution is 2.04. The zero-order valence-electron chi connectivity index (χ0n) is 6.68. The fourth-order valence-electron chi connectivity index (χ4n) is 0.618. The van der Waals surface area contributed by atoms with Gasteiger partial charge in [-0.05, 0) is 6.42 Å². The van der Waals surface area contributed by atoms with Crippen LogP contribution in [0, 0.1) is 0 Å². The number of ether oxygens (including phenoxy) is 1. The Balaban J connectivity index is 3.44. The van der Waals surface area contributed by atoms with E-state index in [2.05, 4.69) is 4.74 Å². The second kappa shape index (κ2) is 5.62. The molecule has 3 nitrogen and oxygen atoms in total. The molecule has 0 N–H and O–H groups in total. The molecule has 0 aliphatic heterocycles. The predicted molar refractivity (Wildman–Crippen MR) is 36.9 cm³/mol. The maximum absolute atomic E-state index is 11.6. The van der Waals surface area contributed by atoms with Gasteiger partial charge in [-0.2, -0.15) is 0 Å². The summed E-state index contributed by atoms with van der Waals surface area (Å²) in [5.74, 6) is -1.61. The molecule has 0 aliphatic carbocycles. The number of methoxy groups -OCH3 is 1. The summed E-state index contributed by atoms with van der Waals surface area (Å²) in [4.78, 5) is 20.8. The molecule has 0 saturated carbocycles. The average Bonchev–Trinajstić information content (AvgIpc) is 2.03. The van der Waals surface area contributed by atoms with Gasteiger partial charge < -0.3 is 4.74 Å². The van der Waals surface area contributed by atoms with Crippen LogP contribution in [0.5, 0.6) is 0 Å². The lowest BCUT2D eigenvalue weighted by molar-refractivity contribution is -0.140. The number of ketones is 1. The van der Waals surface area contributed by atoms with Crippen molar-refractivity contribution >= 4 is 11.8 Å². The van der Waals surface area contributed by atoms with Gasteiger partial charge in [0.15, 0.2) is 5.78 Å². The van der Waals surface area contributed by atoms with E-state index in [1.54, 1.807) is 0 Å². The van der Waals surface area contributed by atoms with Crippen molar-refractivity contribution in [2.24, 2.45) is 0 Å². The number of rotatable bonds is 5. The van der Waals surface area contributed by atoms with Crippen LogP contribution in [0.15, 0.2) is 0 Å². The highest BCUT2D eigenvalue weighted by Gasteiger charge is 2.14. The number of hydrogen-bond donors (Lipinski definition) is 0. The predicted octanol–water partition coefficient (Wildman–Crippen LogP) is 1.16. The first-order chi connectivity index (χ1) is 5.57. The molecule has 0 unspecified atom stereocenters. The maximum atomic E-state index is 11.6. The summed E-state index contributed by atoms with van der Waals surface area (Å²) in [5, 5.41) is 0.